The number of hydrogen-bond acceptors (Lipinski definition) is 5. The van der Waals surface area contributed by atoms with E-state index in [1.165, 1.54) is 0 Å². The normalized spacial score (nSPS) is 24.0. The van der Waals surface area contributed by atoms with Gasteiger partial charge in [-0.3, -0.25) is 9.59 Å². The van der Waals surface area contributed by atoms with E-state index in [0.717, 1.165) is 18.5 Å². The van der Waals surface area contributed by atoms with Gasteiger partial charge in [0.1, 0.15) is 5.25 Å². The quantitative estimate of drug-likeness (QED) is 0.808. The standard InChI is InChI=1S/C19H27N3O4S/c1-21(2)15-7-3-6-14(12-15)19(24)22-10-4-8-16(22)13-20-18(23)17-9-5-11-27(17,25)26/h3,6-7,12,16-17H,4-5,8-11,13H2,1-2H3,(H,20,23)/t16-,17?/m1/s1. The first-order valence-corrected chi connectivity index (χ1v) is 11.1. The summed E-state index contributed by atoms with van der Waals surface area (Å²) in [5.74, 6) is -0.397. The van der Waals surface area contributed by atoms with E-state index >= 15 is 0 Å². The Kier molecular flexibility index (Phi) is 5.74. The molecule has 2 amide bonds. The fraction of sp³-hybridized carbons (Fsp3) is 0.579. The average molecular weight is 394 g/mol. The van der Waals surface area contributed by atoms with Gasteiger partial charge in [-0.2, -0.15) is 0 Å². The van der Waals surface area contributed by atoms with Crippen LogP contribution in [0.4, 0.5) is 5.69 Å². The number of hydrogen-bond donors (Lipinski definition) is 1. The molecular formula is C19H27N3O4S. The number of carbonyl (C=O) groups is 2. The summed E-state index contributed by atoms with van der Waals surface area (Å²) in [6.07, 6.45) is 2.60. The van der Waals surface area contributed by atoms with Gasteiger partial charge >= 0.3 is 0 Å². The zero-order valence-electron chi connectivity index (χ0n) is 15.8. The van der Waals surface area contributed by atoms with Crippen LogP contribution in [0, 0.1) is 0 Å². The number of nitrogens with zero attached hydrogens (tertiary/aromatic N) is 2. The highest BCUT2D eigenvalue weighted by Crippen LogP contribution is 2.23. The number of rotatable bonds is 5. The lowest BCUT2D eigenvalue weighted by Gasteiger charge is -2.26. The third-order valence-electron chi connectivity index (χ3n) is 5.38. The molecule has 148 valence electrons. The van der Waals surface area contributed by atoms with E-state index in [4.69, 9.17) is 0 Å². The summed E-state index contributed by atoms with van der Waals surface area (Å²) in [7, 11) is 0.536. The van der Waals surface area contributed by atoms with E-state index in [0.29, 0.717) is 31.5 Å². The maximum atomic E-state index is 12.9. The molecule has 1 aromatic carbocycles. The van der Waals surface area contributed by atoms with E-state index < -0.39 is 21.0 Å². The van der Waals surface area contributed by atoms with Crippen LogP contribution in [-0.2, 0) is 14.6 Å². The molecule has 2 aliphatic rings. The first kappa shape index (κ1) is 19.7. The zero-order chi connectivity index (χ0) is 19.6. The van der Waals surface area contributed by atoms with Crippen LogP contribution >= 0.6 is 0 Å². The molecule has 0 aromatic heterocycles. The molecule has 0 saturated carbocycles. The van der Waals surface area contributed by atoms with Crippen LogP contribution in [0.2, 0.25) is 0 Å². The summed E-state index contributed by atoms with van der Waals surface area (Å²) in [4.78, 5) is 29.0. The Morgan fingerprint density at radius 3 is 2.67 bits per heavy atom. The van der Waals surface area contributed by atoms with E-state index in [-0.39, 0.29) is 17.7 Å². The van der Waals surface area contributed by atoms with Crippen molar-refractivity contribution in [1.82, 2.24) is 10.2 Å². The second-order valence-electron chi connectivity index (χ2n) is 7.48. The van der Waals surface area contributed by atoms with E-state index in [1.54, 1.807) is 11.0 Å². The fourth-order valence-electron chi connectivity index (χ4n) is 3.82. The van der Waals surface area contributed by atoms with Crippen LogP contribution in [0.1, 0.15) is 36.0 Å². The molecule has 1 N–H and O–H groups in total. The Hall–Kier alpha value is -2.09. The van der Waals surface area contributed by atoms with Gasteiger partial charge in [-0.1, -0.05) is 6.07 Å². The predicted octanol–water partition coefficient (Wildman–Crippen LogP) is 1.05. The third kappa shape index (κ3) is 4.26. The molecule has 2 heterocycles. The maximum Gasteiger partial charge on any atom is 0.254 e. The van der Waals surface area contributed by atoms with Crippen LogP contribution in [0.25, 0.3) is 0 Å². The van der Waals surface area contributed by atoms with Gasteiger partial charge < -0.3 is 15.1 Å². The topological polar surface area (TPSA) is 86.8 Å². The van der Waals surface area contributed by atoms with Gasteiger partial charge in [0.2, 0.25) is 5.91 Å². The first-order chi connectivity index (χ1) is 12.8. The van der Waals surface area contributed by atoms with E-state index in [1.807, 2.05) is 37.2 Å². The van der Waals surface area contributed by atoms with Crippen LogP contribution in [-0.4, -0.2) is 69.4 Å². The van der Waals surface area contributed by atoms with Crippen molar-refractivity contribution < 1.29 is 18.0 Å². The molecule has 27 heavy (non-hydrogen) atoms. The number of amides is 2. The minimum absolute atomic E-state index is 0.0519. The Balaban J connectivity index is 1.64. The van der Waals surface area contributed by atoms with Crippen molar-refractivity contribution in [3.8, 4) is 0 Å². The number of likely N-dealkylation sites (tertiary alicyclic amines) is 1. The Bertz CT molecular complexity index is 822. The molecule has 1 unspecified atom stereocenters. The lowest BCUT2D eigenvalue weighted by molar-refractivity contribution is -0.120. The molecule has 2 saturated heterocycles. The highest BCUT2D eigenvalue weighted by Gasteiger charge is 2.38. The van der Waals surface area contributed by atoms with Crippen molar-refractivity contribution in [2.75, 3.05) is 37.8 Å². The largest absolute Gasteiger partial charge is 0.378 e. The SMILES string of the molecule is CN(C)c1cccc(C(=O)N2CCC[C@@H]2CNC(=O)C2CCCS2(=O)=O)c1. The van der Waals surface area contributed by atoms with Crippen LogP contribution in [0.15, 0.2) is 24.3 Å². The van der Waals surface area contributed by atoms with Gasteiger partial charge in [0.15, 0.2) is 9.84 Å². The second kappa shape index (κ2) is 7.88. The number of carbonyl (C=O) groups excluding carboxylic acids is 2. The second-order valence-corrected chi connectivity index (χ2v) is 9.79. The summed E-state index contributed by atoms with van der Waals surface area (Å²) < 4.78 is 23.8. The number of nitrogens with one attached hydrogen (secondary N) is 1. The monoisotopic (exact) mass is 393 g/mol. The molecule has 7 nitrogen and oxygen atoms in total. The molecule has 8 heteroatoms. The minimum Gasteiger partial charge on any atom is -0.378 e. The van der Waals surface area contributed by atoms with Crippen molar-refractivity contribution in [2.45, 2.75) is 37.0 Å². The Labute approximate surface area is 160 Å². The molecule has 1 aromatic rings. The van der Waals surface area contributed by atoms with Crippen LogP contribution in [0.5, 0.6) is 0 Å². The molecule has 2 atom stereocenters. The first-order valence-electron chi connectivity index (χ1n) is 9.37. The molecule has 2 aliphatic heterocycles. The molecule has 0 radical (unpaired) electrons. The van der Waals surface area contributed by atoms with Gasteiger partial charge in [-0.05, 0) is 43.9 Å². The molecule has 3 rings (SSSR count). The van der Waals surface area contributed by atoms with Gasteiger partial charge in [0.05, 0.1) is 5.75 Å². The molecule has 0 spiro atoms. The highest BCUT2D eigenvalue weighted by molar-refractivity contribution is 7.93. The van der Waals surface area contributed by atoms with Gasteiger partial charge in [-0.15, -0.1) is 0 Å². The van der Waals surface area contributed by atoms with Crippen molar-refractivity contribution in [3.05, 3.63) is 29.8 Å². The van der Waals surface area contributed by atoms with Crippen molar-refractivity contribution in [3.63, 3.8) is 0 Å². The van der Waals surface area contributed by atoms with Crippen LogP contribution < -0.4 is 10.2 Å². The predicted molar refractivity (Wildman–Crippen MR) is 105 cm³/mol. The zero-order valence-corrected chi connectivity index (χ0v) is 16.7. The minimum atomic E-state index is -3.32. The summed E-state index contributed by atoms with van der Waals surface area (Å²) in [5.41, 5.74) is 1.58. The van der Waals surface area contributed by atoms with Gasteiger partial charge in [0, 0.05) is 44.5 Å². The lowest BCUT2D eigenvalue weighted by atomic mass is 10.1. The van der Waals surface area contributed by atoms with Crippen LogP contribution in [0.3, 0.4) is 0 Å². The molecule has 2 fully saturated rings. The Morgan fingerprint density at radius 1 is 1.22 bits per heavy atom. The summed E-state index contributed by atoms with van der Waals surface area (Å²) in [6, 6.07) is 7.37. The third-order valence-corrected chi connectivity index (χ3v) is 7.55. The summed E-state index contributed by atoms with van der Waals surface area (Å²) >= 11 is 0. The number of sulfone groups is 1. The Morgan fingerprint density at radius 2 is 2.00 bits per heavy atom. The fourth-order valence-corrected chi connectivity index (χ4v) is 5.61. The molecular weight excluding hydrogens is 366 g/mol. The highest BCUT2D eigenvalue weighted by atomic mass is 32.2. The van der Waals surface area contributed by atoms with Crippen molar-refractivity contribution in [2.24, 2.45) is 0 Å². The van der Waals surface area contributed by atoms with Crippen molar-refractivity contribution >= 4 is 27.3 Å². The van der Waals surface area contributed by atoms with E-state index in [9.17, 15) is 18.0 Å². The summed E-state index contributed by atoms with van der Waals surface area (Å²) in [6.45, 7) is 0.942. The van der Waals surface area contributed by atoms with E-state index in [2.05, 4.69) is 5.32 Å². The maximum absolute atomic E-state index is 12.9. The number of anilines is 1. The van der Waals surface area contributed by atoms with Crippen molar-refractivity contribution in [1.29, 1.82) is 0 Å². The van der Waals surface area contributed by atoms with Gasteiger partial charge in [-0.25, -0.2) is 8.42 Å². The molecule has 0 bridgehead atoms. The van der Waals surface area contributed by atoms with Gasteiger partial charge in [0.25, 0.3) is 5.91 Å². The summed E-state index contributed by atoms with van der Waals surface area (Å²) in [5, 5.41) is 1.84. The molecule has 0 aliphatic carbocycles. The smallest absolute Gasteiger partial charge is 0.254 e. The lowest BCUT2D eigenvalue weighted by Crippen LogP contribution is -2.46. The number of benzene rings is 1. The average Bonchev–Trinajstić information content (AvgIpc) is 3.24.